The Balaban J connectivity index is 1.87. The Bertz CT molecular complexity index is 973. The number of nitrogens with one attached hydrogen (secondary N) is 2. The Morgan fingerprint density at radius 2 is 1.80 bits per heavy atom. The minimum absolute atomic E-state index is 0.0661. The van der Waals surface area contributed by atoms with Crippen LogP contribution in [0.15, 0.2) is 53.6 Å². The van der Waals surface area contributed by atoms with Crippen LogP contribution in [0.25, 0.3) is 22.6 Å². The molecule has 0 saturated heterocycles. The van der Waals surface area contributed by atoms with Crippen molar-refractivity contribution in [1.82, 2.24) is 15.3 Å². The van der Waals surface area contributed by atoms with E-state index < -0.39 is 0 Å². The number of carbonyl (C=O) groups excluding carboxylic acids is 1. The molecule has 0 fully saturated rings. The van der Waals surface area contributed by atoms with Gasteiger partial charge in [0, 0.05) is 24.8 Å². The Morgan fingerprint density at radius 3 is 2.50 bits per heavy atom. The van der Waals surface area contributed by atoms with E-state index in [0.29, 0.717) is 19.0 Å². The summed E-state index contributed by atoms with van der Waals surface area (Å²) >= 11 is 1.39. The van der Waals surface area contributed by atoms with E-state index in [0.717, 1.165) is 33.3 Å². The minimum Gasteiger partial charge on any atom is -0.497 e. The molecule has 158 valence electrons. The van der Waals surface area contributed by atoms with Gasteiger partial charge in [-0.2, -0.15) is 0 Å². The summed E-state index contributed by atoms with van der Waals surface area (Å²) in [4.78, 5) is 20.3. The monoisotopic (exact) mass is 427 g/mol. The number of aromatic amines is 1. The van der Waals surface area contributed by atoms with Gasteiger partial charge in [0.05, 0.1) is 32.3 Å². The predicted octanol–water partition coefficient (Wildman–Crippen LogP) is 3.62. The van der Waals surface area contributed by atoms with Crippen LogP contribution in [0.1, 0.15) is 0 Å². The van der Waals surface area contributed by atoms with E-state index in [-0.39, 0.29) is 11.7 Å². The molecule has 1 amide bonds. The number of amides is 1. The van der Waals surface area contributed by atoms with Crippen molar-refractivity contribution in [3.63, 3.8) is 0 Å². The van der Waals surface area contributed by atoms with Crippen molar-refractivity contribution in [1.29, 1.82) is 0 Å². The Morgan fingerprint density at radius 1 is 1.03 bits per heavy atom. The van der Waals surface area contributed by atoms with E-state index >= 15 is 0 Å². The quantitative estimate of drug-likeness (QED) is 0.380. The third kappa shape index (κ3) is 5.55. The third-order valence-electron chi connectivity index (χ3n) is 4.36. The normalized spacial score (nSPS) is 10.6. The van der Waals surface area contributed by atoms with Crippen molar-refractivity contribution in [3.05, 3.63) is 48.5 Å². The first kappa shape index (κ1) is 21.7. The average molecular weight is 428 g/mol. The van der Waals surface area contributed by atoms with Crippen molar-refractivity contribution < 1.29 is 19.0 Å². The average Bonchev–Trinajstić information content (AvgIpc) is 3.22. The number of methoxy groups -OCH3 is 3. The second-order valence-electron chi connectivity index (χ2n) is 6.36. The van der Waals surface area contributed by atoms with Gasteiger partial charge in [0.15, 0.2) is 0 Å². The maximum atomic E-state index is 12.1. The molecule has 1 heterocycles. The van der Waals surface area contributed by atoms with Gasteiger partial charge in [0.25, 0.3) is 0 Å². The van der Waals surface area contributed by atoms with Crippen molar-refractivity contribution in [2.24, 2.45) is 0 Å². The third-order valence-corrected chi connectivity index (χ3v) is 5.34. The molecule has 0 saturated carbocycles. The summed E-state index contributed by atoms with van der Waals surface area (Å²) in [5, 5.41) is 3.58. The smallest absolute Gasteiger partial charge is 0.230 e. The molecule has 0 aliphatic carbocycles. The number of benzene rings is 2. The number of carbonyl (C=O) groups is 1. The zero-order chi connectivity index (χ0) is 21.3. The van der Waals surface area contributed by atoms with Crippen LogP contribution in [-0.2, 0) is 9.53 Å². The van der Waals surface area contributed by atoms with Crippen molar-refractivity contribution in [3.8, 4) is 34.1 Å². The first-order chi connectivity index (χ1) is 14.6. The Labute approximate surface area is 180 Å². The van der Waals surface area contributed by atoms with Gasteiger partial charge in [-0.15, -0.1) is 0 Å². The zero-order valence-corrected chi connectivity index (χ0v) is 18.0. The van der Waals surface area contributed by atoms with Gasteiger partial charge < -0.3 is 24.5 Å². The molecule has 2 N–H and O–H groups in total. The van der Waals surface area contributed by atoms with Crippen molar-refractivity contribution >= 4 is 17.7 Å². The second kappa shape index (κ2) is 10.7. The number of hydrogen-bond acceptors (Lipinski definition) is 6. The van der Waals surface area contributed by atoms with E-state index in [1.165, 1.54) is 11.8 Å². The maximum Gasteiger partial charge on any atom is 0.230 e. The van der Waals surface area contributed by atoms with Crippen LogP contribution in [0.3, 0.4) is 0 Å². The van der Waals surface area contributed by atoms with E-state index in [2.05, 4.69) is 10.3 Å². The first-order valence-corrected chi connectivity index (χ1v) is 10.4. The summed E-state index contributed by atoms with van der Waals surface area (Å²) in [5.41, 5.74) is 2.71. The summed E-state index contributed by atoms with van der Waals surface area (Å²) in [5.74, 6) is 2.43. The number of rotatable bonds is 10. The van der Waals surface area contributed by atoms with Gasteiger partial charge in [-0.1, -0.05) is 23.9 Å². The summed E-state index contributed by atoms with van der Waals surface area (Å²) < 4.78 is 15.5. The highest BCUT2D eigenvalue weighted by Crippen LogP contribution is 2.34. The molecule has 0 aliphatic heterocycles. The molecule has 30 heavy (non-hydrogen) atoms. The largest absolute Gasteiger partial charge is 0.497 e. The highest BCUT2D eigenvalue weighted by molar-refractivity contribution is 8.00. The summed E-state index contributed by atoms with van der Waals surface area (Å²) in [6, 6.07) is 15.4. The number of aromatic nitrogens is 2. The van der Waals surface area contributed by atoms with Gasteiger partial charge >= 0.3 is 0 Å². The molecule has 2 aromatic carbocycles. The predicted molar refractivity (Wildman–Crippen MR) is 118 cm³/mol. The standard InChI is InChI=1S/C22H25N3O4S/c1-27-12-11-23-19(26)14-30-22-20(15-7-9-17(28-2)10-8-15)24-21(25-22)16-5-4-6-18(13-16)29-3/h4-10,13H,11-12,14H2,1-3H3,(H,23,26)(H,24,25). The molecular weight excluding hydrogens is 402 g/mol. The number of ether oxygens (including phenoxy) is 3. The van der Waals surface area contributed by atoms with Crippen LogP contribution in [0, 0.1) is 0 Å². The van der Waals surface area contributed by atoms with E-state index in [4.69, 9.17) is 19.2 Å². The van der Waals surface area contributed by atoms with Crippen LogP contribution < -0.4 is 14.8 Å². The molecule has 1 aromatic heterocycles. The highest BCUT2D eigenvalue weighted by Gasteiger charge is 2.16. The van der Waals surface area contributed by atoms with E-state index in [9.17, 15) is 4.79 Å². The summed E-state index contributed by atoms with van der Waals surface area (Å²) in [7, 11) is 4.87. The van der Waals surface area contributed by atoms with Crippen LogP contribution in [0.2, 0.25) is 0 Å². The lowest BCUT2D eigenvalue weighted by Gasteiger charge is -2.05. The fourth-order valence-corrected chi connectivity index (χ4v) is 3.64. The molecule has 3 rings (SSSR count). The Hall–Kier alpha value is -2.97. The van der Waals surface area contributed by atoms with Crippen molar-refractivity contribution in [2.75, 3.05) is 40.2 Å². The lowest BCUT2D eigenvalue weighted by molar-refractivity contribution is -0.118. The van der Waals surface area contributed by atoms with Gasteiger partial charge in [-0.3, -0.25) is 4.79 Å². The van der Waals surface area contributed by atoms with Gasteiger partial charge in [0.2, 0.25) is 5.91 Å². The SMILES string of the molecule is COCCNC(=O)CSc1nc(-c2cccc(OC)c2)[nH]c1-c1ccc(OC)cc1. The van der Waals surface area contributed by atoms with Gasteiger partial charge in [0.1, 0.15) is 22.3 Å². The van der Waals surface area contributed by atoms with Gasteiger partial charge in [-0.05, 0) is 36.4 Å². The second-order valence-corrected chi connectivity index (χ2v) is 7.32. The summed E-state index contributed by atoms with van der Waals surface area (Å²) in [6.07, 6.45) is 0. The molecule has 0 radical (unpaired) electrons. The van der Waals surface area contributed by atoms with Crippen LogP contribution in [-0.4, -0.2) is 56.1 Å². The minimum atomic E-state index is -0.0661. The molecule has 0 atom stereocenters. The van der Waals surface area contributed by atoms with Crippen molar-refractivity contribution in [2.45, 2.75) is 5.03 Å². The van der Waals surface area contributed by atoms with Gasteiger partial charge in [-0.25, -0.2) is 4.98 Å². The number of hydrogen-bond donors (Lipinski definition) is 2. The maximum absolute atomic E-state index is 12.1. The van der Waals surface area contributed by atoms with Crippen LogP contribution in [0.5, 0.6) is 11.5 Å². The molecular formula is C22H25N3O4S. The molecule has 0 unspecified atom stereocenters. The first-order valence-electron chi connectivity index (χ1n) is 9.42. The van der Waals surface area contributed by atoms with E-state index in [1.807, 2.05) is 48.5 Å². The lowest BCUT2D eigenvalue weighted by atomic mass is 10.1. The number of nitrogens with zero attached hydrogens (tertiary/aromatic N) is 1. The molecule has 3 aromatic rings. The van der Waals surface area contributed by atoms with Crippen LogP contribution >= 0.6 is 11.8 Å². The molecule has 8 heteroatoms. The van der Waals surface area contributed by atoms with E-state index in [1.54, 1.807) is 21.3 Å². The fourth-order valence-electron chi connectivity index (χ4n) is 2.80. The molecule has 0 bridgehead atoms. The molecule has 0 spiro atoms. The molecule has 7 nitrogen and oxygen atoms in total. The topological polar surface area (TPSA) is 85.5 Å². The number of thioether (sulfide) groups is 1. The Kier molecular flexibility index (Phi) is 7.75. The number of imidazole rings is 1. The fraction of sp³-hybridized carbons (Fsp3) is 0.273. The zero-order valence-electron chi connectivity index (χ0n) is 17.2. The summed E-state index contributed by atoms with van der Waals surface area (Å²) in [6.45, 7) is 0.965. The number of H-pyrrole nitrogens is 1. The highest BCUT2D eigenvalue weighted by atomic mass is 32.2. The lowest BCUT2D eigenvalue weighted by Crippen LogP contribution is -2.28. The van der Waals surface area contributed by atoms with Crippen LogP contribution in [0.4, 0.5) is 0 Å². The molecule has 0 aliphatic rings.